The first-order valence-electron chi connectivity index (χ1n) is 9.41. The van der Waals surface area contributed by atoms with Gasteiger partial charge >= 0.3 is 12.3 Å². The topological polar surface area (TPSA) is 87.7 Å². The Morgan fingerprint density at radius 3 is 2.04 bits per heavy atom. The van der Waals surface area contributed by atoms with E-state index in [9.17, 15) is 27.6 Å². The lowest BCUT2D eigenvalue weighted by Crippen LogP contribution is -2.51. The van der Waals surface area contributed by atoms with E-state index in [-0.39, 0.29) is 24.9 Å². The standard InChI is InChI=1S/C18H28F3N3O4/c1-11(18(19,20)21)13(25)24-9-5-12(6-10-24)17(7-8-17)14(26)22-23-15(27)28-16(2,3)4/h11-12H,5-10H2,1-4H3,(H,22,26)(H,23,27)/t11-/m0/s1. The highest BCUT2D eigenvalue weighted by atomic mass is 19.4. The van der Waals surface area contributed by atoms with Crippen LogP contribution in [-0.4, -0.2) is 47.7 Å². The maximum absolute atomic E-state index is 12.7. The molecule has 0 bridgehead atoms. The lowest BCUT2D eigenvalue weighted by molar-refractivity contribution is -0.186. The number of amides is 3. The van der Waals surface area contributed by atoms with Crippen LogP contribution in [0.5, 0.6) is 0 Å². The Labute approximate surface area is 162 Å². The van der Waals surface area contributed by atoms with Gasteiger partial charge in [-0.25, -0.2) is 10.2 Å². The van der Waals surface area contributed by atoms with Crippen LogP contribution in [0.15, 0.2) is 0 Å². The molecule has 2 fully saturated rings. The van der Waals surface area contributed by atoms with Gasteiger partial charge in [-0.15, -0.1) is 0 Å². The minimum atomic E-state index is -4.56. The Bertz CT molecular complexity index is 619. The molecule has 1 heterocycles. The van der Waals surface area contributed by atoms with E-state index < -0.39 is 35.1 Å². The van der Waals surface area contributed by atoms with E-state index >= 15 is 0 Å². The number of rotatable bonds is 3. The maximum atomic E-state index is 12.7. The minimum absolute atomic E-state index is 0.0434. The van der Waals surface area contributed by atoms with Crippen LogP contribution in [0.4, 0.5) is 18.0 Å². The molecule has 28 heavy (non-hydrogen) atoms. The zero-order valence-corrected chi connectivity index (χ0v) is 16.6. The van der Waals surface area contributed by atoms with Crippen LogP contribution in [0.25, 0.3) is 0 Å². The molecule has 2 rings (SSSR count). The molecule has 0 spiro atoms. The van der Waals surface area contributed by atoms with E-state index in [2.05, 4.69) is 10.9 Å². The summed E-state index contributed by atoms with van der Waals surface area (Å²) in [6.45, 7) is 6.35. The number of halogens is 3. The summed E-state index contributed by atoms with van der Waals surface area (Å²) >= 11 is 0. The van der Waals surface area contributed by atoms with Crippen LogP contribution in [0.1, 0.15) is 53.4 Å². The molecule has 0 aromatic carbocycles. The molecule has 1 saturated carbocycles. The highest BCUT2D eigenvalue weighted by Crippen LogP contribution is 2.55. The molecule has 0 aromatic heterocycles. The van der Waals surface area contributed by atoms with Gasteiger partial charge in [0.25, 0.3) is 0 Å². The second-order valence-electron chi connectivity index (χ2n) is 8.60. The second kappa shape index (κ2) is 7.79. The summed E-state index contributed by atoms with van der Waals surface area (Å²) in [6.07, 6.45) is -3.12. The SMILES string of the molecule is C[C@@H](C(=O)N1CCC(C2(C(=O)NNC(=O)OC(C)(C)C)CC2)CC1)C(F)(F)F. The van der Waals surface area contributed by atoms with Crippen molar-refractivity contribution >= 4 is 17.9 Å². The number of carbonyl (C=O) groups excluding carboxylic acids is 3. The molecule has 7 nitrogen and oxygen atoms in total. The van der Waals surface area contributed by atoms with Gasteiger partial charge in [0, 0.05) is 13.1 Å². The number of hydrazine groups is 1. The fraction of sp³-hybridized carbons (Fsp3) is 0.833. The zero-order valence-electron chi connectivity index (χ0n) is 16.6. The van der Waals surface area contributed by atoms with Crippen molar-refractivity contribution in [2.24, 2.45) is 17.3 Å². The zero-order chi connectivity index (χ0) is 21.3. The van der Waals surface area contributed by atoms with Crippen molar-refractivity contribution in [3.05, 3.63) is 0 Å². The van der Waals surface area contributed by atoms with Crippen molar-refractivity contribution in [2.75, 3.05) is 13.1 Å². The average Bonchev–Trinajstić information content (AvgIpc) is 3.38. The lowest BCUT2D eigenvalue weighted by Gasteiger charge is -2.37. The van der Waals surface area contributed by atoms with Gasteiger partial charge in [0.05, 0.1) is 5.41 Å². The minimum Gasteiger partial charge on any atom is -0.443 e. The monoisotopic (exact) mass is 407 g/mol. The maximum Gasteiger partial charge on any atom is 0.426 e. The third kappa shape index (κ3) is 5.29. The van der Waals surface area contributed by atoms with Crippen molar-refractivity contribution in [2.45, 2.75) is 65.2 Å². The van der Waals surface area contributed by atoms with E-state index in [0.717, 1.165) is 6.92 Å². The number of nitrogens with zero attached hydrogens (tertiary/aromatic N) is 1. The molecule has 10 heteroatoms. The van der Waals surface area contributed by atoms with Crippen molar-refractivity contribution in [3.8, 4) is 0 Å². The number of ether oxygens (including phenoxy) is 1. The number of hydrogen-bond donors (Lipinski definition) is 2. The van der Waals surface area contributed by atoms with Gasteiger partial charge in [-0.3, -0.25) is 15.0 Å². The Morgan fingerprint density at radius 1 is 1.07 bits per heavy atom. The number of piperidine rings is 1. The van der Waals surface area contributed by atoms with Crippen LogP contribution >= 0.6 is 0 Å². The Kier molecular flexibility index (Phi) is 6.20. The van der Waals surface area contributed by atoms with Crippen molar-refractivity contribution in [1.29, 1.82) is 0 Å². The van der Waals surface area contributed by atoms with Gasteiger partial charge < -0.3 is 9.64 Å². The first kappa shape index (κ1) is 22.3. The number of hydrogen-bond acceptors (Lipinski definition) is 4. The van der Waals surface area contributed by atoms with Crippen LogP contribution in [0, 0.1) is 17.3 Å². The fourth-order valence-corrected chi connectivity index (χ4v) is 3.56. The molecule has 0 radical (unpaired) electrons. The first-order chi connectivity index (χ1) is 12.8. The number of carbonyl (C=O) groups is 3. The van der Waals surface area contributed by atoms with Gasteiger partial charge in [-0.2, -0.15) is 13.2 Å². The van der Waals surface area contributed by atoms with Gasteiger partial charge in [0.15, 0.2) is 0 Å². The number of alkyl halides is 3. The van der Waals surface area contributed by atoms with Gasteiger partial charge in [-0.1, -0.05) is 0 Å². The third-order valence-electron chi connectivity index (χ3n) is 5.37. The molecule has 0 unspecified atom stereocenters. The van der Waals surface area contributed by atoms with E-state index in [1.807, 2.05) is 0 Å². The van der Waals surface area contributed by atoms with Crippen LogP contribution in [0.2, 0.25) is 0 Å². The summed E-state index contributed by atoms with van der Waals surface area (Å²) in [6, 6.07) is 0. The summed E-state index contributed by atoms with van der Waals surface area (Å²) in [5, 5.41) is 0. The molecule has 2 N–H and O–H groups in total. The Balaban J connectivity index is 1.85. The predicted molar refractivity (Wildman–Crippen MR) is 93.7 cm³/mol. The van der Waals surface area contributed by atoms with E-state index in [1.54, 1.807) is 20.8 Å². The van der Waals surface area contributed by atoms with E-state index in [4.69, 9.17) is 4.74 Å². The molecule has 1 saturated heterocycles. The molecular weight excluding hydrogens is 379 g/mol. The summed E-state index contributed by atoms with van der Waals surface area (Å²) < 4.78 is 43.3. The van der Waals surface area contributed by atoms with Gasteiger partial charge in [0.2, 0.25) is 11.8 Å². The molecule has 1 aliphatic heterocycles. The number of nitrogens with one attached hydrogen (secondary N) is 2. The average molecular weight is 407 g/mol. The Morgan fingerprint density at radius 2 is 1.61 bits per heavy atom. The summed E-state index contributed by atoms with van der Waals surface area (Å²) in [5.41, 5.74) is 3.28. The van der Waals surface area contributed by atoms with Gasteiger partial charge in [0.1, 0.15) is 11.5 Å². The van der Waals surface area contributed by atoms with Crippen molar-refractivity contribution in [1.82, 2.24) is 15.8 Å². The van der Waals surface area contributed by atoms with Crippen LogP contribution < -0.4 is 10.9 Å². The van der Waals surface area contributed by atoms with Crippen LogP contribution in [-0.2, 0) is 14.3 Å². The van der Waals surface area contributed by atoms with Crippen LogP contribution in [0.3, 0.4) is 0 Å². The van der Waals surface area contributed by atoms with Crippen molar-refractivity contribution in [3.63, 3.8) is 0 Å². The fourth-order valence-electron chi connectivity index (χ4n) is 3.56. The van der Waals surface area contributed by atoms with E-state index in [0.29, 0.717) is 25.7 Å². The summed E-state index contributed by atoms with van der Waals surface area (Å²) in [7, 11) is 0. The van der Waals surface area contributed by atoms with E-state index in [1.165, 1.54) is 4.90 Å². The highest BCUT2D eigenvalue weighted by Gasteiger charge is 2.56. The largest absolute Gasteiger partial charge is 0.443 e. The normalized spacial score (nSPS) is 20.9. The molecular formula is C18H28F3N3O4. The van der Waals surface area contributed by atoms with Crippen molar-refractivity contribution < 1.29 is 32.3 Å². The predicted octanol–water partition coefficient (Wildman–Crippen LogP) is 2.76. The molecule has 0 aromatic rings. The molecule has 160 valence electrons. The first-order valence-corrected chi connectivity index (χ1v) is 9.41. The number of likely N-dealkylation sites (tertiary alicyclic amines) is 1. The molecule has 1 atom stereocenters. The molecule has 3 amide bonds. The third-order valence-corrected chi connectivity index (χ3v) is 5.37. The highest BCUT2D eigenvalue weighted by molar-refractivity contribution is 5.87. The van der Waals surface area contributed by atoms with Gasteiger partial charge in [-0.05, 0) is 59.3 Å². The Hall–Kier alpha value is -2.00. The second-order valence-corrected chi connectivity index (χ2v) is 8.60. The quantitative estimate of drug-likeness (QED) is 0.705. The lowest BCUT2D eigenvalue weighted by atomic mass is 9.80. The molecule has 1 aliphatic carbocycles. The smallest absolute Gasteiger partial charge is 0.426 e. The molecule has 2 aliphatic rings. The summed E-state index contributed by atoms with van der Waals surface area (Å²) in [5.74, 6) is -3.32. The summed E-state index contributed by atoms with van der Waals surface area (Å²) in [4.78, 5) is 37.4.